The van der Waals surface area contributed by atoms with Gasteiger partial charge in [0.15, 0.2) is 0 Å². The van der Waals surface area contributed by atoms with Gasteiger partial charge in [-0.15, -0.1) is 0 Å². The molecule has 148 valence electrons. The molecule has 0 aliphatic carbocycles. The van der Waals surface area contributed by atoms with Gasteiger partial charge in [0.05, 0.1) is 23.7 Å². The van der Waals surface area contributed by atoms with Gasteiger partial charge in [0.1, 0.15) is 0 Å². The molecule has 1 aliphatic rings. The topological polar surface area (TPSA) is 105 Å². The third-order valence-corrected chi connectivity index (χ3v) is 5.18. The fraction of sp³-hybridized carbons (Fsp3) is 0.400. The number of hydrogen-bond donors (Lipinski definition) is 2. The lowest BCUT2D eigenvalue weighted by atomic mass is 9.85. The molecule has 1 aliphatic heterocycles. The fourth-order valence-electron chi connectivity index (χ4n) is 3.64. The van der Waals surface area contributed by atoms with Crippen molar-refractivity contribution in [3.63, 3.8) is 0 Å². The average molecular weight is 384 g/mol. The van der Waals surface area contributed by atoms with Crippen LogP contribution in [-0.2, 0) is 23.1 Å². The van der Waals surface area contributed by atoms with E-state index in [1.165, 1.54) is 0 Å². The van der Waals surface area contributed by atoms with Gasteiger partial charge in [-0.25, -0.2) is 4.79 Å². The van der Waals surface area contributed by atoms with Crippen LogP contribution in [0.25, 0.3) is 0 Å². The number of aryl methyl sites for hydroxylation is 1. The van der Waals surface area contributed by atoms with E-state index in [1.807, 2.05) is 6.20 Å². The van der Waals surface area contributed by atoms with Gasteiger partial charge in [0.2, 0.25) is 11.8 Å². The monoisotopic (exact) mass is 384 g/mol. The van der Waals surface area contributed by atoms with E-state index in [1.54, 1.807) is 54.1 Å². The van der Waals surface area contributed by atoms with Crippen LogP contribution in [-0.4, -0.2) is 51.2 Å². The van der Waals surface area contributed by atoms with E-state index in [0.29, 0.717) is 25.8 Å². The van der Waals surface area contributed by atoms with E-state index < -0.39 is 5.97 Å². The number of carbonyl (C=O) groups is 3. The molecule has 8 heteroatoms. The number of nitrogens with zero attached hydrogens (tertiary/aromatic N) is 3. The maximum absolute atomic E-state index is 12.8. The Morgan fingerprint density at radius 1 is 1.25 bits per heavy atom. The molecule has 1 saturated heterocycles. The zero-order chi connectivity index (χ0) is 20.3. The summed E-state index contributed by atoms with van der Waals surface area (Å²) in [5.41, 5.74) is 2.04. The summed E-state index contributed by atoms with van der Waals surface area (Å²) < 4.78 is 1.66. The van der Waals surface area contributed by atoms with Gasteiger partial charge in [-0.1, -0.05) is 12.1 Å². The summed E-state index contributed by atoms with van der Waals surface area (Å²) in [6.45, 7) is 0.444. The molecule has 0 spiro atoms. The number of carboxylic acids is 1. The summed E-state index contributed by atoms with van der Waals surface area (Å²) in [5.74, 6) is -1.36. The van der Waals surface area contributed by atoms with E-state index in [-0.39, 0.29) is 29.3 Å². The van der Waals surface area contributed by atoms with Crippen molar-refractivity contribution >= 4 is 17.8 Å². The zero-order valence-corrected chi connectivity index (χ0v) is 16.0. The van der Waals surface area contributed by atoms with Crippen molar-refractivity contribution in [2.24, 2.45) is 13.0 Å². The van der Waals surface area contributed by atoms with Crippen molar-refractivity contribution < 1.29 is 19.5 Å². The lowest BCUT2D eigenvalue weighted by molar-refractivity contribution is -0.141. The normalized spacial score (nSPS) is 19.5. The van der Waals surface area contributed by atoms with Crippen LogP contribution in [0.15, 0.2) is 36.7 Å². The predicted molar refractivity (Wildman–Crippen MR) is 102 cm³/mol. The molecule has 8 nitrogen and oxygen atoms in total. The highest BCUT2D eigenvalue weighted by atomic mass is 16.4. The second kappa shape index (κ2) is 8.24. The predicted octanol–water partition coefficient (Wildman–Crippen LogP) is 1.39. The molecule has 2 amide bonds. The highest BCUT2D eigenvalue weighted by molar-refractivity contribution is 5.87. The Hall–Kier alpha value is -3.16. The Bertz CT molecular complexity index is 875. The summed E-state index contributed by atoms with van der Waals surface area (Å²) >= 11 is 0. The minimum atomic E-state index is -0.961. The minimum Gasteiger partial charge on any atom is -0.478 e. The van der Waals surface area contributed by atoms with Gasteiger partial charge in [-0.05, 0) is 30.5 Å². The third kappa shape index (κ3) is 4.21. The second-order valence-electron chi connectivity index (χ2n) is 7.09. The Labute approximate surface area is 163 Å². The van der Waals surface area contributed by atoms with Crippen molar-refractivity contribution in [1.82, 2.24) is 20.0 Å². The largest absolute Gasteiger partial charge is 0.478 e. The quantitative estimate of drug-likeness (QED) is 0.783. The van der Waals surface area contributed by atoms with Crippen molar-refractivity contribution in [3.8, 4) is 0 Å². The van der Waals surface area contributed by atoms with Crippen LogP contribution in [0.2, 0.25) is 0 Å². The summed E-state index contributed by atoms with van der Waals surface area (Å²) in [5, 5.41) is 16.1. The van der Waals surface area contributed by atoms with Crippen LogP contribution in [0.3, 0.4) is 0 Å². The van der Waals surface area contributed by atoms with Crippen LogP contribution >= 0.6 is 0 Å². The molecule has 1 fully saturated rings. The number of nitrogens with one attached hydrogen (secondary N) is 1. The molecule has 0 bridgehead atoms. The Balaban J connectivity index is 1.63. The number of piperidine rings is 1. The third-order valence-electron chi connectivity index (χ3n) is 5.18. The Kier molecular flexibility index (Phi) is 5.77. The maximum Gasteiger partial charge on any atom is 0.335 e. The van der Waals surface area contributed by atoms with Crippen LogP contribution in [0.1, 0.15) is 40.4 Å². The van der Waals surface area contributed by atoms with Gasteiger partial charge in [-0.3, -0.25) is 14.3 Å². The molecule has 1 aromatic carbocycles. The molecule has 3 rings (SSSR count). The minimum absolute atomic E-state index is 0.0245. The first-order valence-corrected chi connectivity index (χ1v) is 9.21. The van der Waals surface area contributed by atoms with E-state index in [4.69, 9.17) is 5.11 Å². The number of hydrogen-bond acceptors (Lipinski definition) is 4. The number of rotatable bonds is 6. The molecule has 2 heterocycles. The van der Waals surface area contributed by atoms with Crippen LogP contribution < -0.4 is 5.32 Å². The highest BCUT2D eigenvalue weighted by Gasteiger charge is 2.39. The first-order valence-electron chi connectivity index (χ1n) is 9.21. The van der Waals surface area contributed by atoms with Crippen molar-refractivity contribution in [2.45, 2.75) is 25.3 Å². The number of amides is 2. The van der Waals surface area contributed by atoms with Gasteiger partial charge >= 0.3 is 5.97 Å². The maximum atomic E-state index is 12.8. The fourth-order valence-corrected chi connectivity index (χ4v) is 3.64. The van der Waals surface area contributed by atoms with Gasteiger partial charge in [-0.2, -0.15) is 5.10 Å². The molecule has 1 aromatic heterocycles. The van der Waals surface area contributed by atoms with Crippen molar-refractivity contribution in [3.05, 3.63) is 53.3 Å². The molecule has 2 aromatic rings. The second-order valence-corrected chi connectivity index (χ2v) is 7.09. The van der Waals surface area contributed by atoms with Crippen molar-refractivity contribution in [1.29, 1.82) is 0 Å². The molecule has 0 radical (unpaired) electrons. The summed E-state index contributed by atoms with van der Waals surface area (Å²) in [4.78, 5) is 37.5. The summed E-state index contributed by atoms with van der Waals surface area (Å²) in [7, 11) is 3.53. The van der Waals surface area contributed by atoms with E-state index in [9.17, 15) is 14.4 Å². The highest BCUT2D eigenvalue weighted by Crippen LogP contribution is 2.35. The number of carbonyl (C=O) groups excluding carboxylic acids is 2. The Morgan fingerprint density at radius 2 is 1.96 bits per heavy atom. The first kappa shape index (κ1) is 19.6. The lowest BCUT2D eigenvalue weighted by Crippen LogP contribution is -2.46. The van der Waals surface area contributed by atoms with E-state index in [2.05, 4.69) is 10.4 Å². The van der Waals surface area contributed by atoms with E-state index >= 15 is 0 Å². The number of aromatic carboxylic acids is 1. The summed E-state index contributed by atoms with van der Waals surface area (Å²) in [6.07, 6.45) is 4.99. The molecule has 2 N–H and O–H groups in total. The van der Waals surface area contributed by atoms with Gasteiger partial charge in [0.25, 0.3) is 0 Å². The smallest absolute Gasteiger partial charge is 0.335 e. The van der Waals surface area contributed by atoms with Gasteiger partial charge in [0, 0.05) is 38.8 Å². The molecule has 28 heavy (non-hydrogen) atoms. The van der Waals surface area contributed by atoms with Gasteiger partial charge < -0.3 is 15.3 Å². The lowest BCUT2D eigenvalue weighted by Gasteiger charge is -2.37. The molecule has 0 saturated carbocycles. The summed E-state index contributed by atoms with van der Waals surface area (Å²) in [6, 6.07) is 6.28. The van der Waals surface area contributed by atoms with Crippen LogP contribution in [0.5, 0.6) is 0 Å². The number of likely N-dealkylation sites (tertiary alicyclic amines) is 1. The Morgan fingerprint density at radius 3 is 2.57 bits per heavy atom. The standard InChI is InChI=1S/C20H24N4O4/c1-23-12-15(11-22-23)18-16(7-8-17(25)24(18)2)19(26)21-10-9-13-3-5-14(6-4-13)20(27)28/h3-6,11-12,16,18H,7-10H2,1-2H3,(H,21,26)(H,27,28)/t16-,18-/m1/s1. The molecule has 0 unspecified atom stereocenters. The SMILES string of the molecule is CN1C(=O)CC[C@@H](C(=O)NCCc2ccc(C(=O)O)cc2)[C@H]1c1cnn(C)c1. The number of carboxylic acid groups (broad SMARTS) is 1. The molecular formula is C20H24N4O4. The molecular weight excluding hydrogens is 360 g/mol. The van der Waals surface area contributed by atoms with E-state index in [0.717, 1.165) is 11.1 Å². The van der Waals surface area contributed by atoms with Crippen LogP contribution in [0.4, 0.5) is 0 Å². The van der Waals surface area contributed by atoms with Crippen LogP contribution in [0, 0.1) is 5.92 Å². The molecule has 2 atom stereocenters. The van der Waals surface area contributed by atoms with Crippen molar-refractivity contribution in [2.75, 3.05) is 13.6 Å². The zero-order valence-electron chi connectivity index (χ0n) is 16.0. The average Bonchev–Trinajstić information content (AvgIpc) is 3.10. The number of benzene rings is 1. The number of aromatic nitrogens is 2. The first-order chi connectivity index (χ1) is 13.4.